The van der Waals surface area contributed by atoms with E-state index in [4.69, 9.17) is 9.97 Å². The van der Waals surface area contributed by atoms with Crippen molar-refractivity contribution in [2.45, 2.75) is 105 Å². The molecule has 0 atom stereocenters. The zero-order valence-electron chi connectivity index (χ0n) is 44.5. The van der Waals surface area contributed by atoms with Crippen LogP contribution < -0.4 is 16.0 Å². The quantitative estimate of drug-likeness (QED) is 0.168. The van der Waals surface area contributed by atoms with Crippen molar-refractivity contribution in [2.24, 2.45) is 0 Å². The molecule has 0 bridgehead atoms. The highest BCUT2D eigenvalue weighted by Crippen LogP contribution is 2.49. The van der Waals surface area contributed by atoms with Crippen LogP contribution in [0.15, 0.2) is 182 Å². The maximum absolute atomic E-state index is 13.0. The summed E-state index contributed by atoms with van der Waals surface area (Å²) in [5.41, 5.74) is 16.9. The Kier molecular flexibility index (Phi) is 11.3. The average Bonchev–Trinajstić information content (AvgIpc) is 3.75. The van der Waals surface area contributed by atoms with Gasteiger partial charge in [0, 0.05) is 34.3 Å². The molecule has 0 amide bonds. The number of aromatic hydroxyl groups is 1. The number of aromatic nitrogens is 3. The first-order valence-electron chi connectivity index (χ1n) is 25.8. The van der Waals surface area contributed by atoms with Gasteiger partial charge in [-0.25, -0.2) is 4.98 Å². The number of benzene rings is 6. The molecule has 8 aromatic rings. The second-order valence-electron chi connectivity index (χ2n) is 24.2. The second-order valence-corrected chi connectivity index (χ2v) is 24.2. The van der Waals surface area contributed by atoms with Gasteiger partial charge in [0.15, 0.2) is 0 Å². The fraction of sp³-hybridized carbons (Fsp3) is 0.242. The summed E-state index contributed by atoms with van der Waals surface area (Å²) in [7, 11) is 0. The first kappa shape index (κ1) is 47.7. The van der Waals surface area contributed by atoms with Crippen LogP contribution in [0.5, 0.6) is 5.75 Å². The van der Waals surface area contributed by atoms with Crippen molar-refractivity contribution in [2.75, 3.05) is 4.90 Å². The minimum atomic E-state index is -0.374. The van der Waals surface area contributed by atoms with Gasteiger partial charge in [-0.2, -0.15) is 0 Å². The van der Waals surface area contributed by atoms with Crippen molar-refractivity contribution in [1.29, 1.82) is 0 Å². The van der Waals surface area contributed by atoms with E-state index in [1.807, 2.05) is 6.20 Å². The largest absolute Gasteiger partial charge is 0.507 e. The summed E-state index contributed by atoms with van der Waals surface area (Å²) in [5, 5.41) is 13.0. The molecular weight excluding hydrogens is 890 g/mol. The van der Waals surface area contributed by atoms with Gasteiger partial charge in [-0.15, -0.1) is 0 Å². The van der Waals surface area contributed by atoms with E-state index in [0.29, 0.717) is 11.4 Å². The molecule has 364 valence electrons. The number of para-hydroxylation sites is 1. The maximum atomic E-state index is 13.0. The summed E-state index contributed by atoms with van der Waals surface area (Å²) in [5.74, 6) is 2.85. The van der Waals surface area contributed by atoms with Crippen molar-refractivity contribution >= 4 is 35.5 Å². The monoisotopic (exact) mass is 956 g/mol. The molecule has 11 rings (SSSR count). The van der Waals surface area contributed by atoms with E-state index in [9.17, 15) is 5.11 Å². The number of anilines is 2. The third kappa shape index (κ3) is 8.33. The lowest BCUT2D eigenvalue weighted by Crippen LogP contribution is -2.64. The molecule has 5 heterocycles. The van der Waals surface area contributed by atoms with Crippen LogP contribution in [0.4, 0.5) is 11.5 Å². The van der Waals surface area contributed by atoms with Crippen molar-refractivity contribution in [3.05, 3.63) is 209 Å². The van der Waals surface area contributed by atoms with E-state index in [0.717, 1.165) is 84.4 Å². The lowest BCUT2D eigenvalue weighted by molar-refractivity contribution is 0.446. The van der Waals surface area contributed by atoms with Crippen molar-refractivity contribution in [3.8, 4) is 56.3 Å². The predicted molar refractivity (Wildman–Crippen MR) is 307 cm³/mol. The van der Waals surface area contributed by atoms with E-state index in [1.165, 1.54) is 16.7 Å². The van der Waals surface area contributed by atoms with Gasteiger partial charge in [0.05, 0.1) is 22.5 Å². The van der Waals surface area contributed by atoms with Gasteiger partial charge in [0.25, 0.3) is 0 Å². The molecule has 3 aliphatic rings. The standard InChI is InChI=1S/C66H66BN5O/c1-63(2,3)46-31-32-57(50(38-46)43-25-18-14-19-26-43)71-61(52-39-47(64(4,5)6)40-54(59(52)73)66(10,11)12)69-60-62(71)70(48-27-20-15-21-28-48)58-30-22-29-49-41-51-53(65(7,8)9)35-45(36-55(51)67(60)72(49)58)56-37-44(33-34-68-56)42-23-16-13-17-24-42/h13-41,73H,1-12H3. The number of pyridine rings is 1. The third-order valence-electron chi connectivity index (χ3n) is 14.9. The molecule has 0 unspecified atom stereocenters. The Morgan fingerprint density at radius 2 is 1.18 bits per heavy atom. The number of nitrogens with zero attached hydrogens (tertiary/aromatic N) is 5. The average molecular weight is 956 g/mol. The van der Waals surface area contributed by atoms with E-state index >= 15 is 0 Å². The van der Waals surface area contributed by atoms with Crippen molar-refractivity contribution < 1.29 is 5.11 Å². The third-order valence-corrected chi connectivity index (χ3v) is 14.9. The molecule has 6 aromatic carbocycles. The van der Waals surface area contributed by atoms with Crippen molar-refractivity contribution in [1.82, 2.24) is 19.3 Å². The number of fused-ring (bicyclic) bond motifs is 4. The molecule has 0 fully saturated rings. The number of hydrogen-bond donors (Lipinski definition) is 1. The zero-order valence-corrected chi connectivity index (χ0v) is 44.5. The van der Waals surface area contributed by atoms with E-state index in [1.54, 1.807) is 0 Å². The van der Waals surface area contributed by atoms with Gasteiger partial charge in [-0.3, -0.25) is 14.5 Å². The summed E-state index contributed by atoms with van der Waals surface area (Å²) in [6.45, 7) is 26.7. The highest BCUT2D eigenvalue weighted by Gasteiger charge is 2.50. The highest BCUT2D eigenvalue weighted by atomic mass is 16.3. The molecule has 0 spiro atoms. The van der Waals surface area contributed by atoms with Crippen LogP contribution in [0.1, 0.15) is 111 Å². The molecule has 0 radical (unpaired) electrons. The highest BCUT2D eigenvalue weighted by molar-refractivity contribution is 6.85. The van der Waals surface area contributed by atoms with Gasteiger partial charge >= 0.3 is 6.85 Å². The summed E-state index contributed by atoms with van der Waals surface area (Å²) in [6.07, 6.45) is 11.0. The lowest BCUT2D eigenvalue weighted by atomic mass is 9.46. The molecule has 6 nitrogen and oxygen atoms in total. The Balaban J connectivity index is 1.31. The molecule has 2 aromatic heterocycles. The summed E-state index contributed by atoms with van der Waals surface area (Å²) in [4.78, 5) is 16.0. The van der Waals surface area contributed by atoms with Crippen LogP contribution >= 0.6 is 0 Å². The fourth-order valence-electron chi connectivity index (χ4n) is 10.9. The number of imidazole rings is 1. The van der Waals surface area contributed by atoms with E-state index < -0.39 is 0 Å². The van der Waals surface area contributed by atoms with E-state index in [2.05, 4.69) is 267 Å². The Bertz CT molecular complexity index is 3560. The molecule has 0 saturated carbocycles. The Hall–Kier alpha value is -7.64. The van der Waals surface area contributed by atoms with E-state index in [-0.39, 0.29) is 34.3 Å². The summed E-state index contributed by atoms with van der Waals surface area (Å²) >= 11 is 0. The molecule has 73 heavy (non-hydrogen) atoms. The van der Waals surface area contributed by atoms with Gasteiger partial charge < -0.3 is 9.92 Å². The molecular formula is C66H66BN5O. The van der Waals surface area contributed by atoms with Crippen LogP contribution in [0.3, 0.4) is 0 Å². The van der Waals surface area contributed by atoms with Crippen LogP contribution in [0.25, 0.3) is 56.7 Å². The minimum Gasteiger partial charge on any atom is -0.507 e. The Morgan fingerprint density at radius 3 is 1.82 bits per heavy atom. The Morgan fingerprint density at radius 1 is 0.548 bits per heavy atom. The van der Waals surface area contributed by atoms with Gasteiger partial charge in [-0.05, 0) is 133 Å². The smallest absolute Gasteiger partial charge is 0.355 e. The first-order valence-corrected chi connectivity index (χ1v) is 25.8. The summed E-state index contributed by atoms with van der Waals surface area (Å²) in [6, 6.07) is 52.4. The molecule has 7 heteroatoms. The molecule has 0 saturated heterocycles. The molecule has 0 aliphatic carbocycles. The van der Waals surface area contributed by atoms with Gasteiger partial charge in [-0.1, -0.05) is 186 Å². The Labute approximate surface area is 433 Å². The number of phenols is 1. The lowest BCUT2D eigenvalue weighted by Gasteiger charge is -2.48. The van der Waals surface area contributed by atoms with Crippen LogP contribution in [0, 0.1) is 0 Å². The topological polar surface area (TPSA) is 57.4 Å². The predicted octanol–water partition coefficient (Wildman–Crippen LogP) is 15.2. The fourth-order valence-corrected chi connectivity index (χ4v) is 10.9. The first-order chi connectivity index (χ1) is 34.7. The van der Waals surface area contributed by atoms with Crippen LogP contribution in [0.2, 0.25) is 0 Å². The number of hydrogen-bond acceptors (Lipinski definition) is 5. The zero-order chi connectivity index (χ0) is 51.4. The van der Waals surface area contributed by atoms with Crippen LogP contribution in [-0.4, -0.2) is 31.3 Å². The van der Waals surface area contributed by atoms with Crippen molar-refractivity contribution in [3.63, 3.8) is 0 Å². The molecule has 1 N–H and O–H groups in total. The molecule has 3 aliphatic heterocycles. The second kappa shape index (κ2) is 17.3. The summed E-state index contributed by atoms with van der Waals surface area (Å²) < 4.78 is 2.37. The van der Waals surface area contributed by atoms with Gasteiger partial charge in [0.2, 0.25) is 0 Å². The normalized spacial score (nSPS) is 14.4. The minimum absolute atomic E-state index is 0.123. The van der Waals surface area contributed by atoms with Gasteiger partial charge in [0.1, 0.15) is 23.2 Å². The van der Waals surface area contributed by atoms with Crippen LogP contribution in [-0.2, 0) is 21.7 Å². The number of phenolic OH excluding ortho intramolecular Hbond substituents is 1. The SMILES string of the molecule is CC(C)(C)c1ccc(-n2c(-c3cc(C(C)(C)C)cc(C(C)(C)C)c3O)nc3c2N(c2ccccc2)C2=CC=CC4=Cc5c(cc(-c6cc(-c7ccccc7)ccn6)cc5C(C)(C)C)B3N42)c(-c2ccccc2)c1. The number of allylic oxidation sites excluding steroid dienone is 3. The maximum Gasteiger partial charge on any atom is 0.355 e. The number of rotatable bonds is 6.